The largest absolute Gasteiger partial charge is 0.461 e. The first kappa shape index (κ1) is 22.3. The summed E-state index contributed by atoms with van der Waals surface area (Å²) in [6.07, 6.45) is 1.35. The van der Waals surface area contributed by atoms with E-state index in [1.807, 2.05) is 31.2 Å². The zero-order valence-electron chi connectivity index (χ0n) is 17.9. The predicted molar refractivity (Wildman–Crippen MR) is 111 cm³/mol. The van der Waals surface area contributed by atoms with Gasteiger partial charge < -0.3 is 13.7 Å². The van der Waals surface area contributed by atoms with E-state index in [1.54, 1.807) is 6.92 Å². The second-order valence-corrected chi connectivity index (χ2v) is 13.3. The molecule has 1 aromatic carbocycles. The number of imidazole rings is 1. The van der Waals surface area contributed by atoms with Crippen molar-refractivity contribution in [1.82, 2.24) is 9.55 Å². The number of halogens is 1. The summed E-state index contributed by atoms with van der Waals surface area (Å²) in [6.45, 7) is 15.0. The minimum atomic E-state index is -2.04. The monoisotopic (exact) mass is 406 g/mol. The van der Waals surface area contributed by atoms with Crippen molar-refractivity contribution in [2.24, 2.45) is 0 Å². The Labute approximate surface area is 168 Å². The van der Waals surface area contributed by atoms with E-state index in [0.717, 1.165) is 11.1 Å². The van der Waals surface area contributed by atoms with Crippen molar-refractivity contribution in [1.29, 1.82) is 0 Å². The van der Waals surface area contributed by atoms with Crippen LogP contribution in [0, 0.1) is 12.9 Å². The summed E-state index contributed by atoms with van der Waals surface area (Å²) in [7, 11) is -2.04. The zero-order valence-corrected chi connectivity index (χ0v) is 18.9. The molecule has 0 amide bonds. The second kappa shape index (κ2) is 8.57. The number of benzene rings is 1. The van der Waals surface area contributed by atoms with Crippen molar-refractivity contribution in [2.75, 3.05) is 13.2 Å². The van der Waals surface area contributed by atoms with Gasteiger partial charge in [0.05, 0.1) is 25.6 Å². The molecule has 7 heteroatoms. The highest BCUT2D eigenvalue weighted by molar-refractivity contribution is 6.74. The van der Waals surface area contributed by atoms with Gasteiger partial charge in [-0.1, -0.05) is 50.6 Å². The summed E-state index contributed by atoms with van der Waals surface area (Å²) in [6, 6.07) is 7.55. The summed E-state index contributed by atoms with van der Waals surface area (Å²) in [5.74, 6) is -1.55. The molecule has 0 spiro atoms. The summed E-state index contributed by atoms with van der Waals surface area (Å²) in [5.41, 5.74) is 1.87. The van der Waals surface area contributed by atoms with Gasteiger partial charge in [-0.05, 0) is 37.5 Å². The summed E-state index contributed by atoms with van der Waals surface area (Å²) < 4.78 is 27.3. The van der Waals surface area contributed by atoms with Gasteiger partial charge in [0.25, 0.3) is 0 Å². The van der Waals surface area contributed by atoms with Gasteiger partial charge in [-0.2, -0.15) is 4.39 Å². The van der Waals surface area contributed by atoms with Crippen LogP contribution in [-0.4, -0.2) is 37.1 Å². The highest BCUT2D eigenvalue weighted by Gasteiger charge is 2.38. The van der Waals surface area contributed by atoms with E-state index in [1.165, 1.54) is 10.9 Å². The number of rotatable bonds is 7. The van der Waals surface area contributed by atoms with E-state index in [-0.39, 0.29) is 23.4 Å². The van der Waals surface area contributed by atoms with Crippen LogP contribution in [0.25, 0.3) is 0 Å². The van der Waals surface area contributed by atoms with Crippen LogP contribution in [0.15, 0.2) is 30.6 Å². The van der Waals surface area contributed by atoms with Gasteiger partial charge in [0, 0.05) is 0 Å². The van der Waals surface area contributed by atoms with Gasteiger partial charge in [0.2, 0.25) is 5.95 Å². The first-order valence-electron chi connectivity index (χ1n) is 9.58. The molecule has 0 radical (unpaired) electrons. The minimum Gasteiger partial charge on any atom is -0.461 e. The summed E-state index contributed by atoms with van der Waals surface area (Å²) in [4.78, 5) is 16.1. The van der Waals surface area contributed by atoms with Crippen molar-refractivity contribution in [2.45, 2.75) is 58.8 Å². The van der Waals surface area contributed by atoms with Crippen molar-refractivity contribution in [3.63, 3.8) is 0 Å². The highest BCUT2D eigenvalue weighted by Crippen LogP contribution is 2.37. The molecule has 0 aliphatic heterocycles. The van der Waals surface area contributed by atoms with E-state index >= 15 is 0 Å². The molecule has 1 aromatic heterocycles. The van der Waals surface area contributed by atoms with Gasteiger partial charge >= 0.3 is 5.97 Å². The lowest BCUT2D eigenvalue weighted by molar-refractivity contribution is 0.0504. The predicted octanol–water partition coefficient (Wildman–Crippen LogP) is 5.12. The fourth-order valence-electron chi connectivity index (χ4n) is 2.59. The molecule has 2 aromatic rings. The van der Waals surface area contributed by atoms with Crippen LogP contribution in [-0.2, 0) is 9.16 Å². The molecule has 1 atom stereocenters. The topological polar surface area (TPSA) is 53.3 Å². The third kappa shape index (κ3) is 4.88. The molecule has 1 heterocycles. The Morgan fingerprint density at radius 1 is 1.25 bits per heavy atom. The number of carbonyl (C=O) groups is 1. The number of esters is 1. The maximum absolute atomic E-state index is 14.3. The third-order valence-corrected chi connectivity index (χ3v) is 9.92. The third-order valence-electron chi connectivity index (χ3n) is 5.42. The van der Waals surface area contributed by atoms with Gasteiger partial charge in [0.15, 0.2) is 14.0 Å². The average Bonchev–Trinajstić information content (AvgIpc) is 2.97. The minimum absolute atomic E-state index is 0.0367. The molecule has 0 bridgehead atoms. The lowest BCUT2D eigenvalue weighted by atomic mass is 10.1. The molecule has 5 nitrogen and oxygen atoms in total. The SMILES string of the molecule is CCOC(=O)c1c(F)ncn1C(CO[Si](C)(C)C(C)(C)C)c1ccc(C)cc1. The van der Waals surface area contributed by atoms with Crippen LogP contribution in [0.4, 0.5) is 4.39 Å². The maximum Gasteiger partial charge on any atom is 0.359 e. The first-order valence-corrected chi connectivity index (χ1v) is 12.5. The molecule has 0 saturated heterocycles. The van der Waals surface area contributed by atoms with Gasteiger partial charge in [-0.3, -0.25) is 0 Å². The van der Waals surface area contributed by atoms with E-state index < -0.39 is 20.2 Å². The Bertz CT molecular complexity index is 810. The van der Waals surface area contributed by atoms with E-state index in [4.69, 9.17) is 9.16 Å². The molecule has 0 aliphatic rings. The van der Waals surface area contributed by atoms with E-state index in [2.05, 4.69) is 38.8 Å². The molecule has 2 rings (SSSR count). The highest BCUT2D eigenvalue weighted by atomic mass is 28.4. The lowest BCUT2D eigenvalue weighted by Crippen LogP contribution is -2.42. The number of hydrogen-bond acceptors (Lipinski definition) is 4. The van der Waals surface area contributed by atoms with Crippen LogP contribution >= 0.6 is 0 Å². The number of nitrogens with zero attached hydrogens (tertiary/aromatic N) is 2. The Balaban J connectivity index is 2.46. The number of hydrogen-bond donors (Lipinski definition) is 0. The molecule has 0 saturated carbocycles. The Morgan fingerprint density at radius 2 is 1.86 bits per heavy atom. The lowest BCUT2D eigenvalue weighted by Gasteiger charge is -2.37. The van der Waals surface area contributed by atoms with Crippen LogP contribution < -0.4 is 0 Å². The van der Waals surface area contributed by atoms with Gasteiger partial charge in [0.1, 0.15) is 0 Å². The standard InChI is InChI=1S/C21H31FN2O3Si/c1-8-26-20(25)18-19(22)23-14-24(18)17(16-11-9-15(2)10-12-16)13-27-28(6,7)21(3,4)5/h9-12,14,17H,8,13H2,1-7H3. The van der Waals surface area contributed by atoms with E-state index in [0.29, 0.717) is 6.61 Å². The summed E-state index contributed by atoms with van der Waals surface area (Å²) >= 11 is 0. The molecular formula is C21H31FN2O3Si. The molecule has 154 valence electrons. The smallest absolute Gasteiger partial charge is 0.359 e. The Morgan fingerprint density at radius 3 is 2.39 bits per heavy atom. The van der Waals surface area contributed by atoms with Crippen molar-refractivity contribution < 1.29 is 18.3 Å². The number of aryl methyl sites for hydroxylation is 1. The molecule has 0 fully saturated rings. The molecule has 28 heavy (non-hydrogen) atoms. The number of aromatic nitrogens is 2. The summed E-state index contributed by atoms with van der Waals surface area (Å²) in [5, 5.41) is 0.0367. The number of carbonyl (C=O) groups excluding carboxylic acids is 1. The average molecular weight is 407 g/mol. The van der Waals surface area contributed by atoms with Gasteiger partial charge in [-0.25, -0.2) is 9.78 Å². The Kier molecular flexibility index (Phi) is 6.83. The maximum atomic E-state index is 14.3. The molecule has 0 aliphatic carbocycles. The molecular weight excluding hydrogens is 375 g/mol. The van der Waals surface area contributed by atoms with Gasteiger partial charge in [-0.15, -0.1) is 0 Å². The van der Waals surface area contributed by atoms with Crippen LogP contribution in [0.5, 0.6) is 0 Å². The fourth-order valence-corrected chi connectivity index (χ4v) is 3.60. The quantitative estimate of drug-likeness (QED) is 0.473. The first-order chi connectivity index (χ1) is 13.0. The zero-order chi connectivity index (χ0) is 21.1. The Hall–Kier alpha value is -1.99. The van der Waals surface area contributed by atoms with Crippen LogP contribution in [0.3, 0.4) is 0 Å². The van der Waals surface area contributed by atoms with Crippen LogP contribution in [0.2, 0.25) is 18.1 Å². The van der Waals surface area contributed by atoms with Crippen molar-refractivity contribution in [3.05, 3.63) is 53.4 Å². The van der Waals surface area contributed by atoms with Crippen molar-refractivity contribution >= 4 is 14.3 Å². The fraction of sp³-hybridized carbons (Fsp3) is 0.524. The second-order valence-electron chi connectivity index (χ2n) is 8.51. The number of ether oxygens (including phenoxy) is 1. The normalized spacial score (nSPS) is 13.4. The van der Waals surface area contributed by atoms with E-state index in [9.17, 15) is 9.18 Å². The molecule has 1 unspecified atom stereocenters. The van der Waals surface area contributed by atoms with Crippen molar-refractivity contribution in [3.8, 4) is 0 Å². The molecule has 0 N–H and O–H groups in total. The van der Waals surface area contributed by atoms with Crippen LogP contribution in [0.1, 0.15) is 55.4 Å².